The van der Waals surface area contributed by atoms with E-state index in [0.29, 0.717) is 12.8 Å². The zero-order valence-electron chi connectivity index (χ0n) is 13.2. The summed E-state index contributed by atoms with van der Waals surface area (Å²) < 4.78 is 0. The third-order valence-electron chi connectivity index (χ3n) is 3.90. The van der Waals surface area contributed by atoms with Crippen molar-refractivity contribution in [3.05, 3.63) is 27.7 Å². The molecular formula is C16H20Cl2N2O3. The summed E-state index contributed by atoms with van der Waals surface area (Å²) >= 11 is 12.1. The van der Waals surface area contributed by atoms with Crippen LogP contribution in [0.4, 0.5) is 5.69 Å². The van der Waals surface area contributed by atoms with Gasteiger partial charge in [0.15, 0.2) is 5.60 Å². The molecule has 23 heavy (non-hydrogen) atoms. The third-order valence-corrected chi connectivity index (χ3v) is 4.53. The molecular weight excluding hydrogens is 339 g/mol. The van der Waals surface area contributed by atoms with Crippen molar-refractivity contribution in [2.45, 2.75) is 31.3 Å². The summed E-state index contributed by atoms with van der Waals surface area (Å²) in [5.41, 5.74) is -1.47. The van der Waals surface area contributed by atoms with Crippen molar-refractivity contribution in [1.82, 2.24) is 4.90 Å². The largest absolute Gasteiger partial charge is 0.375 e. The van der Waals surface area contributed by atoms with Gasteiger partial charge in [0, 0.05) is 23.4 Å². The van der Waals surface area contributed by atoms with Crippen molar-refractivity contribution in [1.29, 1.82) is 0 Å². The van der Waals surface area contributed by atoms with Crippen LogP contribution in [0.2, 0.25) is 10.0 Å². The van der Waals surface area contributed by atoms with Gasteiger partial charge in [-0.05, 0) is 45.6 Å². The first-order valence-corrected chi connectivity index (χ1v) is 8.20. The Kier molecular flexibility index (Phi) is 5.68. The van der Waals surface area contributed by atoms with Crippen LogP contribution in [0.15, 0.2) is 12.1 Å². The standard InChI is InChI=1S/C16H20Cl2N2O3/c1-20(2)8-4-3-5-10(21)9-16(23)13-11(17)6-7-12(18)14(13)19-15(16)22/h6-7,23H,3-5,8-9H2,1-2H3,(H,19,22). The maximum Gasteiger partial charge on any atom is 0.261 e. The molecule has 0 fully saturated rings. The van der Waals surface area contributed by atoms with Crippen LogP contribution in [0.5, 0.6) is 0 Å². The summed E-state index contributed by atoms with van der Waals surface area (Å²) in [4.78, 5) is 26.4. The van der Waals surface area contributed by atoms with Crippen molar-refractivity contribution in [2.24, 2.45) is 0 Å². The molecule has 2 N–H and O–H groups in total. The van der Waals surface area contributed by atoms with Gasteiger partial charge in [-0.15, -0.1) is 0 Å². The van der Waals surface area contributed by atoms with Crippen LogP contribution >= 0.6 is 23.2 Å². The molecule has 0 spiro atoms. The number of hydrogen-bond acceptors (Lipinski definition) is 4. The van der Waals surface area contributed by atoms with Gasteiger partial charge < -0.3 is 15.3 Å². The number of carbonyl (C=O) groups excluding carboxylic acids is 2. The number of carbonyl (C=O) groups is 2. The molecule has 0 aliphatic carbocycles. The fourth-order valence-electron chi connectivity index (χ4n) is 2.70. The molecule has 0 saturated heterocycles. The first-order valence-electron chi connectivity index (χ1n) is 7.44. The van der Waals surface area contributed by atoms with Gasteiger partial charge in [-0.1, -0.05) is 23.2 Å². The summed E-state index contributed by atoms with van der Waals surface area (Å²) in [5.74, 6) is -0.838. The van der Waals surface area contributed by atoms with E-state index in [2.05, 4.69) is 5.32 Å². The first kappa shape index (κ1) is 18.2. The van der Waals surface area contributed by atoms with Crippen LogP contribution in [0, 0.1) is 0 Å². The summed E-state index contributed by atoms with van der Waals surface area (Å²) in [5, 5.41) is 13.8. The molecule has 1 atom stereocenters. The molecule has 0 aromatic heterocycles. The molecule has 1 aliphatic rings. The highest BCUT2D eigenvalue weighted by Crippen LogP contribution is 2.46. The number of aliphatic hydroxyl groups is 1. The van der Waals surface area contributed by atoms with E-state index in [0.717, 1.165) is 13.0 Å². The molecule has 7 heteroatoms. The number of nitrogens with one attached hydrogen (secondary N) is 1. The SMILES string of the molecule is CN(C)CCCCC(=O)CC1(O)C(=O)Nc2c(Cl)ccc(Cl)c21. The van der Waals surface area contributed by atoms with Gasteiger partial charge in [0.2, 0.25) is 0 Å². The monoisotopic (exact) mass is 358 g/mol. The zero-order valence-corrected chi connectivity index (χ0v) is 14.7. The highest BCUT2D eigenvalue weighted by Gasteiger charge is 2.48. The van der Waals surface area contributed by atoms with Gasteiger partial charge >= 0.3 is 0 Å². The maximum absolute atomic E-state index is 12.2. The van der Waals surface area contributed by atoms with E-state index in [1.807, 2.05) is 19.0 Å². The van der Waals surface area contributed by atoms with E-state index in [1.165, 1.54) is 12.1 Å². The second-order valence-electron chi connectivity index (χ2n) is 6.07. The lowest BCUT2D eigenvalue weighted by atomic mass is 9.88. The lowest BCUT2D eigenvalue weighted by Gasteiger charge is -2.21. The van der Waals surface area contributed by atoms with Crippen molar-refractivity contribution in [2.75, 3.05) is 26.0 Å². The summed E-state index contributed by atoms with van der Waals surface area (Å²) in [6, 6.07) is 3.05. The quantitative estimate of drug-likeness (QED) is 0.735. The minimum Gasteiger partial charge on any atom is -0.375 e. The second kappa shape index (κ2) is 7.18. The van der Waals surface area contributed by atoms with Crippen molar-refractivity contribution in [3.63, 3.8) is 0 Å². The molecule has 5 nitrogen and oxygen atoms in total. The van der Waals surface area contributed by atoms with Crippen molar-refractivity contribution < 1.29 is 14.7 Å². The number of rotatable bonds is 7. The molecule has 1 aromatic rings. The van der Waals surface area contributed by atoms with E-state index in [-0.39, 0.29) is 33.5 Å². The summed E-state index contributed by atoms with van der Waals surface area (Å²) in [6.45, 7) is 0.891. The number of hydrogen-bond donors (Lipinski definition) is 2. The molecule has 0 saturated carbocycles. The van der Waals surface area contributed by atoms with Crippen LogP contribution in [-0.4, -0.2) is 42.3 Å². The fourth-order valence-corrected chi connectivity index (χ4v) is 3.22. The number of Topliss-reactive ketones (excluding diaryl/α,β-unsaturated/α-hetero) is 1. The minimum atomic E-state index is -1.95. The van der Waals surface area contributed by atoms with Gasteiger partial charge in [-0.25, -0.2) is 0 Å². The lowest BCUT2D eigenvalue weighted by Crippen LogP contribution is -2.36. The molecule has 1 aliphatic heterocycles. The Bertz CT molecular complexity index is 634. The number of nitrogens with zero attached hydrogens (tertiary/aromatic N) is 1. The lowest BCUT2D eigenvalue weighted by molar-refractivity contribution is -0.140. The molecule has 0 bridgehead atoms. The molecule has 126 valence electrons. The second-order valence-corrected chi connectivity index (χ2v) is 6.88. The number of unbranched alkanes of at least 4 members (excludes halogenated alkanes) is 1. The van der Waals surface area contributed by atoms with Crippen molar-refractivity contribution in [3.8, 4) is 0 Å². The van der Waals surface area contributed by atoms with E-state index in [1.54, 1.807) is 0 Å². The predicted molar refractivity (Wildman–Crippen MR) is 91.0 cm³/mol. The van der Waals surface area contributed by atoms with E-state index in [4.69, 9.17) is 23.2 Å². The topological polar surface area (TPSA) is 69.6 Å². The Labute approximate surface area is 145 Å². The number of benzene rings is 1. The van der Waals surface area contributed by atoms with Crippen LogP contribution in [-0.2, 0) is 15.2 Å². The van der Waals surface area contributed by atoms with Crippen LogP contribution in [0.25, 0.3) is 0 Å². The molecule has 1 amide bonds. The maximum atomic E-state index is 12.2. The Hall–Kier alpha value is -1.14. The normalized spacial score (nSPS) is 19.8. The third kappa shape index (κ3) is 3.86. The van der Waals surface area contributed by atoms with Crippen LogP contribution in [0.1, 0.15) is 31.2 Å². The molecule has 2 rings (SSSR count). The van der Waals surface area contributed by atoms with E-state index >= 15 is 0 Å². The molecule has 0 radical (unpaired) electrons. The van der Waals surface area contributed by atoms with E-state index < -0.39 is 11.5 Å². The molecule has 1 heterocycles. The average Bonchev–Trinajstić information content (AvgIpc) is 2.72. The Balaban J connectivity index is 2.10. The number of ketones is 1. The number of anilines is 1. The Morgan fingerprint density at radius 1 is 1.26 bits per heavy atom. The molecule has 1 unspecified atom stereocenters. The van der Waals surface area contributed by atoms with Gasteiger partial charge in [-0.2, -0.15) is 0 Å². The summed E-state index contributed by atoms with van der Waals surface area (Å²) in [7, 11) is 3.94. The van der Waals surface area contributed by atoms with Gasteiger partial charge in [0.1, 0.15) is 5.78 Å². The summed E-state index contributed by atoms with van der Waals surface area (Å²) in [6.07, 6.45) is 1.61. The Morgan fingerprint density at radius 2 is 1.91 bits per heavy atom. The predicted octanol–water partition coefficient (Wildman–Crippen LogP) is 2.82. The Morgan fingerprint density at radius 3 is 2.57 bits per heavy atom. The van der Waals surface area contributed by atoms with Crippen LogP contribution < -0.4 is 5.32 Å². The number of halogens is 2. The number of amides is 1. The highest BCUT2D eigenvalue weighted by atomic mass is 35.5. The van der Waals surface area contributed by atoms with Gasteiger partial charge in [0.05, 0.1) is 10.7 Å². The van der Waals surface area contributed by atoms with Crippen LogP contribution in [0.3, 0.4) is 0 Å². The smallest absolute Gasteiger partial charge is 0.261 e. The average molecular weight is 359 g/mol. The highest BCUT2D eigenvalue weighted by molar-refractivity contribution is 6.38. The first-order chi connectivity index (χ1) is 10.8. The van der Waals surface area contributed by atoms with Crippen molar-refractivity contribution >= 4 is 40.6 Å². The molecule has 1 aromatic carbocycles. The van der Waals surface area contributed by atoms with E-state index in [9.17, 15) is 14.7 Å². The fraction of sp³-hybridized carbons (Fsp3) is 0.500. The number of fused-ring (bicyclic) bond motifs is 1. The zero-order chi connectivity index (χ0) is 17.2. The van der Waals surface area contributed by atoms with Gasteiger partial charge in [0.25, 0.3) is 5.91 Å². The minimum absolute atomic E-state index is 0.176. The van der Waals surface area contributed by atoms with Gasteiger partial charge in [-0.3, -0.25) is 9.59 Å².